The Balaban J connectivity index is 0.000000219. The average Bonchev–Trinajstić information content (AvgIpc) is 3.41. The van der Waals surface area contributed by atoms with Gasteiger partial charge in [-0.3, -0.25) is 14.5 Å². The van der Waals surface area contributed by atoms with Crippen LogP contribution < -0.4 is 19.8 Å². The number of hydrogen-bond donors (Lipinski definition) is 1. The molecule has 42 heavy (non-hydrogen) atoms. The number of hydrogen-bond acceptors (Lipinski definition) is 6. The van der Waals surface area contributed by atoms with Crippen molar-refractivity contribution < 1.29 is 18.7 Å². The Hall–Kier alpha value is -3.83. The summed E-state index contributed by atoms with van der Waals surface area (Å²) in [5.74, 6) is 5.10. The zero-order chi connectivity index (χ0) is 30.8. The lowest BCUT2D eigenvalue weighted by atomic mass is 9.92. The van der Waals surface area contributed by atoms with Crippen LogP contribution in [0.1, 0.15) is 43.9 Å². The molecule has 3 aromatic rings. The van der Waals surface area contributed by atoms with Crippen molar-refractivity contribution in [1.82, 2.24) is 14.3 Å². The van der Waals surface area contributed by atoms with E-state index in [0.29, 0.717) is 31.8 Å². The number of ether oxygens (including phenoxy) is 1. The highest BCUT2D eigenvalue weighted by Crippen LogP contribution is 2.37. The number of nitrogens with one attached hydrogen (secondary N) is 1. The Morgan fingerprint density at radius 2 is 1.93 bits per heavy atom. The van der Waals surface area contributed by atoms with E-state index in [-0.39, 0.29) is 36.1 Å². The monoisotopic (exact) mass is 627 g/mol. The molecule has 2 aliphatic rings. The van der Waals surface area contributed by atoms with Gasteiger partial charge in [-0.15, -0.1) is 12.8 Å². The second-order valence-electron chi connectivity index (χ2n) is 11.0. The van der Waals surface area contributed by atoms with E-state index in [1.807, 2.05) is 4.57 Å². The summed E-state index contributed by atoms with van der Waals surface area (Å²) in [4.78, 5) is 30.4. The maximum atomic E-state index is 14.5. The van der Waals surface area contributed by atoms with Crippen molar-refractivity contribution >= 4 is 57.9 Å². The lowest BCUT2D eigenvalue weighted by Gasteiger charge is -2.28. The van der Waals surface area contributed by atoms with Gasteiger partial charge in [0.05, 0.1) is 17.8 Å². The van der Waals surface area contributed by atoms with Gasteiger partial charge in [0.2, 0.25) is 4.80 Å². The van der Waals surface area contributed by atoms with Gasteiger partial charge in [-0.1, -0.05) is 48.9 Å². The SMILES string of the molecule is C#CC(C)(C)NC(=O)c1cc(Cl)cc(Cl)c1.C#CCN1C(=O)COc2cc(F)c(N=c3snc4n3CC(C)(C)C4)cc21. The maximum Gasteiger partial charge on any atom is 0.265 e. The van der Waals surface area contributed by atoms with E-state index >= 15 is 0 Å². The topological polar surface area (TPSA) is 88.8 Å². The Bertz CT molecular complexity index is 1690. The van der Waals surface area contributed by atoms with Crippen LogP contribution in [0.4, 0.5) is 15.8 Å². The van der Waals surface area contributed by atoms with Crippen molar-refractivity contribution in [3.8, 4) is 30.4 Å². The summed E-state index contributed by atoms with van der Waals surface area (Å²) >= 11 is 12.8. The number of carbonyl (C=O) groups is 2. The number of halogens is 3. The van der Waals surface area contributed by atoms with Gasteiger partial charge >= 0.3 is 0 Å². The zero-order valence-corrected chi connectivity index (χ0v) is 25.8. The van der Waals surface area contributed by atoms with Gasteiger partial charge in [0.25, 0.3) is 11.8 Å². The van der Waals surface area contributed by atoms with Gasteiger partial charge in [-0.05, 0) is 43.5 Å². The predicted molar refractivity (Wildman–Crippen MR) is 163 cm³/mol. The molecule has 0 saturated heterocycles. The van der Waals surface area contributed by atoms with Crippen molar-refractivity contribution in [2.45, 2.75) is 46.2 Å². The maximum absolute atomic E-state index is 14.5. The van der Waals surface area contributed by atoms with Crippen LogP contribution in [0.3, 0.4) is 0 Å². The highest BCUT2D eigenvalue weighted by molar-refractivity contribution is 7.02. The van der Waals surface area contributed by atoms with Gasteiger partial charge < -0.3 is 14.6 Å². The summed E-state index contributed by atoms with van der Waals surface area (Å²) in [6, 6.07) is 7.39. The Kier molecular flexibility index (Phi) is 9.03. The molecule has 0 fully saturated rings. The van der Waals surface area contributed by atoms with Crippen LogP contribution in [0.25, 0.3) is 0 Å². The predicted octanol–water partition coefficient (Wildman–Crippen LogP) is 5.39. The van der Waals surface area contributed by atoms with E-state index in [1.54, 1.807) is 19.9 Å². The van der Waals surface area contributed by atoms with Crippen molar-refractivity contribution in [1.29, 1.82) is 0 Å². The number of nitrogens with zero attached hydrogens (tertiary/aromatic N) is 4. The molecular weight excluding hydrogens is 600 g/mol. The number of rotatable bonds is 4. The average molecular weight is 629 g/mol. The third kappa shape index (κ3) is 7.14. The molecule has 2 aliphatic heterocycles. The third-order valence-electron chi connectivity index (χ3n) is 6.35. The first-order valence-electron chi connectivity index (χ1n) is 12.8. The highest BCUT2D eigenvalue weighted by Gasteiger charge is 2.31. The van der Waals surface area contributed by atoms with E-state index in [2.05, 4.69) is 40.4 Å². The molecular formula is C30H28Cl2FN5O3S. The lowest BCUT2D eigenvalue weighted by Crippen LogP contribution is -2.42. The van der Waals surface area contributed by atoms with E-state index in [4.69, 9.17) is 40.8 Å². The summed E-state index contributed by atoms with van der Waals surface area (Å²) in [7, 11) is 0. The minimum atomic E-state index is -0.703. The molecule has 0 saturated carbocycles. The lowest BCUT2D eigenvalue weighted by molar-refractivity contribution is -0.121. The second-order valence-corrected chi connectivity index (χ2v) is 12.6. The van der Waals surface area contributed by atoms with Gasteiger partial charge in [0.15, 0.2) is 12.4 Å². The molecule has 1 aromatic heterocycles. The number of fused-ring (bicyclic) bond motifs is 2. The minimum Gasteiger partial charge on any atom is -0.481 e. The molecule has 3 heterocycles. The first kappa shape index (κ1) is 31.1. The van der Waals surface area contributed by atoms with Crippen LogP contribution in [0, 0.1) is 35.9 Å². The van der Waals surface area contributed by atoms with Crippen LogP contribution >= 0.6 is 34.7 Å². The molecule has 5 rings (SSSR count). The molecule has 8 nitrogen and oxygen atoms in total. The summed E-state index contributed by atoms with van der Waals surface area (Å²) < 4.78 is 26.3. The second kappa shape index (κ2) is 12.2. The normalized spacial score (nSPS) is 15.4. The van der Waals surface area contributed by atoms with E-state index in [0.717, 1.165) is 18.8 Å². The fourth-order valence-corrected chi connectivity index (χ4v) is 5.61. The zero-order valence-electron chi connectivity index (χ0n) is 23.4. The summed E-state index contributed by atoms with van der Waals surface area (Å²) in [6.07, 6.45) is 11.5. The van der Waals surface area contributed by atoms with E-state index in [9.17, 15) is 14.0 Å². The Labute approximate surface area is 257 Å². The van der Waals surface area contributed by atoms with Gasteiger partial charge in [-0.25, -0.2) is 9.38 Å². The van der Waals surface area contributed by atoms with Gasteiger partial charge in [-0.2, -0.15) is 4.37 Å². The number of anilines is 1. The van der Waals surface area contributed by atoms with E-state index in [1.165, 1.54) is 40.7 Å². The van der Waals surface area contributed by atoms with Crippen molar-refractivity contribution in [3.63, 3.8) is 0 Å². The quantitative estimate of drug-likeness (QED) is 0.393. The van der Waals surface area contributed by atoms with E-state index < -0.39 is 11.4 Å². The molecule has 0 atom stereocenters. The van der Waals surface area contributed by atoms with Crippen LogP contribution in [0.15, 0.2) is 35.3 Å². The number of benzene rings is 2. The number of terminal acetylenes is 2. The molecule has 0 unspecified atom stereocenters. The largest absolute Gasteiger partial charge is 0.481 e. The van der Waals surface area contributed by atoms with Gasteiger partial charge in [0.1, 0.15) is 17.3 Å². The van der Waals surface area contributed by atoms with Gasteiger partial charge in [0, 0.05) is 46.2 Å². The number of carbonyl (C=O) groups excluding carboxylic acids is 2. The summed E-state index contributed by atoms with van der Waals surface area (Å²) in [5, 5.41) is 3.51. The molecule has 0 radical (unpaired) electrons. The van der Waals surface area contributed by atoms with Crippen molar-refractivity contribution in [2.24, 2.45) is 10.4 Å². The van der Waals surface area contributed by atoms with Crippen molar-refractivity contribution in [3.05, 3.63) is 62.4 Å². The fourth-order valence-electron chi connectivity index (χ4n) is 4.32. The molecule has 1 N–H and O–H groups in total. The number of aromatic nitrogens is 2. The third-order valence-corrected chi connectivity index (χ3v) is 7.56. The van der Waals surface area contributed by atoms with Crippen LogP contribution in [-0.2, 0) is 17.8 Å². The Morgan fingerprint density at radius 1 is 1.24 bits per heavy atom. The van der Waals surface area contributed by atoms with Crippen LogP contribution in [0.2, 0.25) is 10.0 Å². The highest BCUT2D eigenvalue weighted by atomic mass is 35.5. The molecule has 2 amide bonds. The van der Waals surface area contributed by atoms with Crippen LogP contribution in [0.5, 0.6) is 5.75 Å². The molecule has 2 aromatic carbocycles. The first-order chi connectivity index (χ1) is 19.7. The molecule has 0 bridgehead atoms. The summed E-state index contributed by atoms with van der Waals surface area (Å²) in [5.41, 5.74) is 0.365. The Morgan fingerprint density at radius 3 is 2.57 bits per heavy atom. The standard InChI is InChI=1S/C18H17FN4O2S.C12H11Cl2NO/c1-4-5-22-13-7-12(11(19)6-14(13)25-9-16(22)24)20-17-23-10-18(2,3)8-15(23)21-26-17;1-4-12(2,3)15-11(16)8-5-9(13)7-10(14)6-8/h1,6-7H,5,8-10H2,2-3H3;1,5-7H,2-3H3,(H,15,16). The molecule has 12 heteroatoms. The van der Waals surface area contributed by atoms with Crippen LogP contribution in [-0.4, -0.2) is 39.4 Å². The number of amides is 2. The molecule has 0 aliphatic carbocycles. The smallest absolute Gasteiger partial charge is 0.265 e. The summed E-state index contributed by atoms with van der Waals surface area (Å²) in [6.45, 7) is 8.52. The fraction of sp³-hybridized carbons (Fsp3) is 0.333. The first-order valence-corrected chi connectivity index (χ1v) is 14.3. The van der Waals surface area contributed by atoms with Crippen molar-refractivity contribution in [2.75, 3.05) is 18.1 Å². The molecule has 218 valence electrons. The minimum absolute atomic E-state index is 0.0964. The molecule has 0 spiro atoms.